The van der Waals surface area contributed by atoms with Gasteiger partial charge in [0.1, 0.15) is 12.0 Å². The number of nitrogens with zero attached hydrogens (tertiary/aromatic N) is 4. The number of rotatable bonds is 6. The van der Waals surface area contributed by atoms with E-state index in [2.05, 4.69) is 30.9 Å². The number of likely N-dealkylation sites (N-methyl/N-ethyl adjacent to an activating group) is 1. The number of aliphatic imine (C=N–C) groups is 1. The molecule has 9 nitrogen and oxygen atoms in total. The molecule has 4 N–H and O–H groups in total. The molecule has 0 saturated carbocycles. The summed E-state index contributed by atoms with van der Waals surface area (Å²) in [6, 6.07) is 13.4. The van der Waals surface area contributed by atoms with E-state index in [4.69, 9.17) is 0 Å². The van der Waals surface area contributed by atoms with Crippen molar-refractivity contribution in [2.45, 2.75) is 0 Å². The highest BCUT2D eigenvalue weighted by atomic mass is 19.1. The number of hydrogen-bond acceptors (Lipinski definition) is 8. The molecule has 1 aliphatic rings. The molecule has 0 atom stereocenters. The fourth-order valence-electron chi connectivity index (χ4n) is 3.41. The van der Waals surface area contributed by atoms with Crippen LogP contribution in [-0.2, 0) is 4.79 Å². The van der Waals surface area contributed by atoms with Crippen LogP contribution in [0, 0.1) is 5.82 Å². The lowest BCUT2D eigenvalue weighted by Crippen LogP contribution is -2.59. The van der Waals surface area contributed by atoms with Gasteiger partial charge in [0.25, 0.3) is 0 Å². The fraction of sp³-hybridized carbons (Fsp3) is 0.217. The molecular weight excluding hydrogens is 425 g/mol. The van der Waals surface area contributed by atoms with Crippen molar-refractivity contribution in [3.05, 3.63) is 60.5 Å². The molecule has 1 aromatic heterocycles. The van der Waals surface area contributed by atoms with Crippen LogP contribution in [0.3, 0.4) is 0 Å². The third kappa shape index (κ3) is 5.68. The van der Waals surface area contributed by atoms with E-state index in [1.54, 1.807) is 36.4 Å². The summed E-state index contributed by atoms with van der Waals surface area (Å²) in [6.07, 6.45) is 2.43. The van der Waals surface area contributed by atoms with Crippen LogP contribution in [0.5, 0.6) is 5.75 Å². The lowest BCUT2D eigenvalue weighted by Gasteiger charge is -2.34. The standard InChI is InChI=1S/C23H24FN7O2/c1-31(10-8-25-9-11-31)21(33)15-26-16-4-2-5-17(12-16)29-23-27-14-20(24)22(30-23)28-18-6-3-7-19(32)13-18/h2-7,12-15,25H,8-11H2,1H3,(H2-,27,28,29,30,32)/p+1. The van der Waals surface area contributed by atoms with Gasteiger partial charge in [-0.1, -0.05) is 12.1 Å². The predicted octanol–water partition coefficient (Wildman–Crippen LogP) is 3.09. The molecule has 0 spiro atoms. The van der Waals surface area contributed by atoms with Gasteiger partial charge in [-0.25, -0.2) is 19.2 Å². The number of carbonyl (C=O) groups is 1. The second-order valence-corrected chi connectivity index (χ2v) is 7.93. The van der Waals surface area contributed by atoms with Gasteiger partial charge in [-0.15, -0.1) is 0 Å². The van der Waals surface area contributed by atoms with Crippen molar-refractivity contribution in [1.29, 1.82) is 0 Å². The molecule has 1 amide bonds. The van der Waals surface area contributed by atoms with Crippen molar-refractivity contribution >= 4 is 41.0 Å². The Morgan fingerprint density at radius 2 is 1.88 bits per heavy atom. The summed E-state index contributed by atoms with van der Waals surface area (Å²) < 4.78 is 14.5. The number of anilines is 4. The van der Waals surface area contributed by atoms with Gasteiger partial charge in [-0.3, -0.25) is 4.48 Å². The van der Waals surface area contributed by atoms with E-state index in [0.717, 1.165) is 32.4 Å². The molecule has 1 saturated heterocycles. The molecule has 10 heteroatoms. The second kappa shape index (κ2) is 9.72. The van der Waals surface area contributed by atoms with Crippen molar-refractivity contribution in [2.24, 2.45) is 4.99 Å². The number of amides is 1. The lowest BCUT2D eigenvalue weighted by atomic mass is 10.2. The van der Waals surface area contributed by atoms with E-state index in [1.165, 1.54) is 18.3 Å². The van der Waals surface area contributed by atoms with E-state index in [-0.39, 0.29) is 23.4 Å². The van der Waals surface area contributed by atoms with Crippen molar-refractivity contribution in [3.8, 4) is 5.75 Å². The smallest absolute Gasteiger partial charge is 0.356 e. The molecule has 0 bridgehead atoms. The van der Waals surface area contributed by atoms with Crippen molar-refractivity contribution in [3.63, 3.8) is 0 Å². The largest absolute Gasteiger partial charge is 0.508 e. The van der Waals surface area contributed by atoms with Crippen LogP contribution in [0.25, 0.3) is 0 Å². The minimum absolute atomic E-state index is 0.0362. The number of quaternary nitrogens is 1. The minimum Gasteiger partial charge on any atom is -0.508 e. The Morgan fingerprint density at radius 1 is 1.15 bits per heavy atom. The van der Waals surface area contributed by atoms with Crippen molar-refractivity contribution in [1.82, 2.24) is 15.3 Å². The van der Waals surface area contributed by atoms with Crippen LogP contribution in [0.2, 0.25) is 0 Å². The monoisotopic (exact) mass is 450 g/mol. The molecule has 33 heavy (non-hydrogen) atoms. The zero-order valence-corrected chi connectivity index (χ0v) is 18.1. The molecular formula is C23H25FN7O2+. The number of phenols is 1. The van der Waals surface area contributed by atoms with Gasteiger partial charge in [-0.05, 0) is 30.3 Å². The number of carbonyl (C=O) groups excluding carboxylic acids is 1. The Labute approximate surface area is 190 Å². The summed E-state index contributed by atoms with van der Waals surface area (Å²) in [5, 5.41) is 18.7. The minimum atomic E-state index is -0.634. The molecule has 0 aliphatic carbocycles. The third-order valence-electron chi connectivity index (χ3n) is 5.38. The number of nitrogens with one attached hydrogen (secondary N) is 3. The van der Waals surface area contributed by atoms with E-state index >= 15 is 0 Å². The second-order valence-electron chi connectivity index (χ2n) is 7.93. The first-order valence-electron chi connectivity index (χ1n) is 10.5. The van der Waals surface area contributed by atoms with E-state index < -0.39 is 5.82 Å². The van der Waals surface area contributed by atoms with Gasteiger partial charge in [0, 0.05) is 30.5 Å². The quantitative estimate of drug-likeness (QED) is 0.337. The molecule has 0 radical (unpaired) electrons. The maximum Gasteiger partial charge on any atom is 0.356 e. The third-order valence-corrected chi connectivity index (χ3v) is 5.38. The van der Waals surface area contributed by atoms with Gasteiger partial charge in [0.15, 0.2) is 11.6 Å². The Bertz CT molecular complexity index is 1180. The summed E-state index contributed by atoms with van der Waals surface area (Å²) in [5.41, 5.74) is 1.71. The molecule has 4 rings (SSSR count). The first kappa shape index (κ1) is 22.3. The van der Waals surface area contributed by atoms with Gasteiger partial charge >= 0.3 is 5.91 Å². The zero-order chi connectivity index (χ0) is 23.3. The number of piperazine rings is 1. The first-order valence-corrected chi connectivity index (χ1v) is 10.5. The van der Waals surface area contributed by atoms with Gasteiger partial charge in [0.05, 0.1) is 32.0 Å². The number of halogens is 1. The van der Waals surface area contributed by atoms with E-state index in [1.807, 2.05) is 7.05 Å². The van der Waals surface area contributed by atoms with Crippen molar-refractivity contribution in [2.75, 3.05) is 43.9 Å². The molecule has 1 fully saturated rings. The van der Waals surface area contributed by atoms with Crippen LogP contribution in [0.15, 0.2) is 59.7 Å². The first-order chi connectivity index (χ1) is 15.9. The van der Waals surface area contributed by atoms with Crippen LogP contribution >= 0.6 is 0 Å². The maximum atomic E-state index is 14.2. The molecule has 3 aromatic rings. The van der Waals surface area contributed by atoms with Crippen LogP contribution in [0.4, 0.5) is 33.2 Å². The molecule has 1 aliphatic heterocycles. The summed E-state index contributed by atoms with van der Waals surface area (Å²) in [4.78, 5) is 25.1. The van der Waals surface area contributed by atoms with Gasteiger partial charge in [-0.2, -0.15) is 4.98 Å². The highest BCUT2D eigenvalue weighted by Crippen LogP contribution is 2.24. The van der Waals surface area contributed by atoms with Crippen LogP contribution in [0.1, 0.15) is 0 Å². The number of aromatic hydroxyl groups is 1. The molecule has 2 aromatic carbocycles. The summed E-state index contributed by atoms with van der Waals surface area (Å²) in [6.45, 7) is 3.06. The Hall–Kier alpha value is -3.89. The maximum absolute atomic E-state index is 14.2. The Kier molecular flexibility index (Phi) is 6.57. The number of aromatic nitrogens is 2. The zero-order valence-electron chi connectivity index (χ0n) is 18.1. The summed E-state index contributed by atoms with van der Waals surface area (Å²) in [5.74, 6) is -0.484. The highest BCUT2D eigenvalue weighted by molar-refractivity contribution is 6.23. The molecule has 2 heterocycles. The van der Waals surface area contributed by atoms with Gasteiger partial charge in [0.2, 0.25) is 5.95 Å². The number of phenolic OH excluding ortho intramolecular Hbond substituents is 1. The van der Waals surface area contributed by atoms with Crippen LogP contribution < -0.4 is 16.0 Å². The molecule has 170 valence electrons. The number of hydrogen-bond donors (Lipinski definition) is 4. The molecule has 0 unspecified atom stereocenters. The summed E-state index contributed by atoms with van der Waals surface area (Å²) in [7, 11) is 1.92. The van der Waals surface area contributed by atoms with Crippen LogP contribution in [-0.4, -0.2) is 64.9 Å². The summed E-state index contributed by atoms with van der Waals surface area (Å²) >= 11 is 0. The lowest BCUT2D eigenvalue weighted by molar-refractivity contribution is -0.832. The average molecular weight is 450 g/mol. The SMILES string of the molecule is C[N+]1(C(=O)C=Nc2cccc(Nc3ncc(F)c(Nc4cccc(O)c4)n3)c2)CCNCC1. The Balaban J connectivity index is 1.46. The normalized spacial score (nSPS) is 15.3. The van der Waals surface area contributed by atoms with Gasteiger partial charge < -0.3 is 21.1 Å². The number of benzene rings is 2. The van der Waals surface area contributed by atoms with E-state index in [0.29, 0.717) is 21.5 Å². The fourth-order valence-corrected chi connectivity index (χ4v) is 3.41. The van der Waals surface area contributed by atoms with E-state index in [9.17, 15) is 14.3 Å². The van der Waals surface area contributed by atoms with Crippen molar-refractivity contribution < 1.29 is 18.8 Å². The topological polar surface area (TPSA) is 112 Å². The highest BCUT2D eigenvalue weighted by Gasteiger charge is 2.31. The average Bonchev–Trinajstić information content (AvgIpc) is 2.80. The predicted molar refractivity (Wildman–Crippen MR) is 125 cm³/mol. The Morgan fingerprint density at radius 3 is 2.64 bits per heavy atom.